The molecule has 0 spiro atoms. The molecule has 546 valence electrons. The maximum Gasteiger partial charge on any atom is 0.317 e. The number of allylic oxidation sites excluding steroid dienone is 2. The first kappa shape index (κ1) is 74.2. The van der Waals surface area contributed by atoms with Gasteiger partial charge in [-0.05, 0) is 97.7 Å². The van der Waals surface area contributed by atoms with Gasteiger partial charge in [-0.2, -0.15) is 0 Å². The third-order valence-electron chi connectivity index (χ3n) is 24.7. The average molecular weight is 1370 g/mol. The molecule has 0 amide bonds. The van der Waals surface area contributed by atoms with Crippen molar-refractivity contribution in [2.24, 2.45) is 50.2 Å². The first-order valence-corrected chi connectivity index (χ1v) is 33.2. The highest BCUT2D eigenvalue weighted by atomic mass is 16.8. The molecule has 6 heterocycles. The van der Waals surface area contributed by atoms with E-state index >= 15 is 4.79 Å². The summed E-state index contributed by atoms with van der Waals surface area (Å²) in [6.07, 6.45) is -41.9. The summed E-state index contributed by atoms with van der Waals surface area (Å²) < 4.78 is 70.5. The second kappa shape index (κ2) is 27.3. The predicted octanol–water partition coefficient (Wildman–Crippen LogP) is -6.53. The summed E-state index contributed by atoms with van der Waals surface area (Å²) in [6, 6.07) is 0. The molecular formula is C63H102O32. The Bertz CT molecular complexity index is 2700. The summed E-state index contributed by atoms with van der Waals surface area (Å²) in [7, 11) is 0. The number of esters is 1. The molecule has 32 nitrogen and oxygen atoms in total. The second-order valence-electron chi connectivity index (χ2n) is 30.8. The minimum atomic E-state index is -2.09. The summed E-state index contributed by atoms with van der Waals surface area (Å²) in [5.41, 5.74) is -6.58. The molecule has 11 aliphatic rings. The Hall–Kier alpha value is -1.99. The molecule has 0 aromatic carbocycles. The van der Waals surface area contributed by atoms with Crippen molar-refractivity contribution < 1.29 is 159 Å². The fourth-order valence-electron chi connectivity index (χ4n) is 18.9. The smallest absolute Gasteiger partial charge is 0.317 e. The molecule has 2 unspecified atom stereocenters. The molecule has 0 radical (unpaired) electrons. The van der Waals surface area contributed by atoms with Crippen LogP contribution >= 0.6 is 0 Å². The number of hydrogen-bond donors (Lipinski definition) is 19. The van der Waals surface area contributed by atoms with Crippen LogP contribution in [0.3, 0.4) is 0 Å². The summed E-state index contributed by atoms with van der Waals surface area (Å²) in [5.74, 6) is -2.12. The standard InChI is InChI=1S/C63H102O32/c1-24-44(90-50-42(79)45(29(70)20-84-50)91-55-48(81)62(83,22-67)23-86-55)39(76)41(78)51(87-24)93-47-35(72)28(69)19-85-54(47)95-56(82)63-13-12-57(2,3)14-26(63)25-8-9-33-58(4)15-27(68)49(59(5,21-66)32(58)10-11-60(33,6)61(25,7)16-34(63)71)94-53-43(80)46(37(74)31(18-65)89-53)92-52-40(77)38(75)36(73)30(17-64)88-52/h8,24,26-55,64-81,83H,9-23H2,1-7H3/t24-,26-,27-,28-,29+,30+,31+,32?,33?,34+,35-,36+,37+,38-,39-,40+,41+,42+,43+,44-,45-,46-,47+,48-,49-,50-,51-,52-,53-,54-,55-,58-,59-,60+,61+,62+,63+/m0/s1. The van der Waals surface area contributed by atoms with E-state index in [4.69, 9.17) is 56.8 Å². The van der Waals surface area contributed by atoms with Crippen molar-refractivity contribution in [3.8, 4) is 0 Å². The minimum Gasteiger partial charge on any atom is -0.432 e. The lowest BCUT2D eigenvalue weighted by Gasteiger charge is -2.72. The van der Waals surface area contributed by atoms with Crippen molar-refractivity contribution in [3.05, 3.63) is 11.6 Å². The highest BCUT2D eigenvalue weighted by Crippen LogP contribution is 2.76. The molecular weight excluding hydrogens is 1270 g/mol. The topological polar surface area (TPSA) is 512 Å². The lowest BCUT2D eigenvalue weighted by Crippen LogP contribution is -2.71. The molecule has 0 bridgehead atoms. The van der Waals surface area contributed by atoms with Crippen LogP contribution in [0.2, 0.25) is 0 Å². The van der Waals surface area contributed by atoms with Crippen molar-refractivity contribution >= 4 is 5.97 Å². The van der Waals surface area contributed by atoms with E-state index in [0.29, 0.717) is 32.1 Å². The van der Waals surface area contributed by atoms with E-state index in [1.165, 1.54) is 6.92 Å². The zero-order chi connectivity index (χ0) is 69.4. The van der Waals surface area contributed by atoms with Crippen LogP contribution in [0, 0.1) is 50.2 Å². The van der Waals surface area contributed by atoms with Gasteiger partial charge >= 0.3 is 5.97 Å². The second-order valence-corrected chi connectivity index (χ2v) is 30.8. The highest BCUT2D eigenvalue weighted by Gasteiger charge is 2.74. The van der Waals surface area contributed by atoms with Gasteiger partial charge in [-0.3, -0.25) is 4.79 Å². The zero-order valence-electron chi connectivity index (χ0n) is 54.4. The molecule has 19 N–H and O–H groups in total. The van der Waals surface area contributed by atoms with Crippen molar-refractivity contribution in [3.63, 3.8) is 0 Å². The Morgan fingerprint density at radius 3 is 1.78 bits per heavy atom. The normalized spacial score (nSPS) is 55.5. The summed E-state index contributed by atoms with van der Waals surface area (Å²) >= 11 is 0. The van der Waals surface area contributed by atoms with Gasteiger partial charge in [-0.15, -0.1) is 0 Å². The number of rotatable bonds is 16. The monoisotopic (exact) mass is 1370 g/mol. The quantitative estimate of drug-likeness (QED) is 0.0388. The van der Waals surface area contributed by atoms with Gasteiger partial charge in [0, 0.05) is 5.41 Å². The zero-order valence-corrected chi connectivity index (χ0v) is 54.4. The third-order valence-corrected chi connectivity index (χ3v) is 24.7. The first-order valence-electron chi connectivity index (χ1n) is 33.2. The van der Waals surface area contributed by atoms with Gasteiger partial charge in [0.1, 0.15) is 115 Å². The molecule has 37 atom stereocenters. The lowest BCUT2D eigenvalue weighted by molar-refractivity contribution is -0.375. The van der Waals surface area contributed by atoms with Crippen molar-refractivity contribution in [1.29, 1.82) is 0 Å². The number of carbonyl (C=O) groups excluding carboxylic acids is 1. The Labute approximate surface area is 548 Å². The van der Waals surface area contributed by atoms with E-state index in [-0.39, 0.29) is 36.5 Å². The van der Waals surface area contributed by atoms with Gasteiger partial charge in [0.25, 0.3) is 0 Å². The van der Waals surface area contributed by atoms with Gasteiger partial charge in [-0.1, -0.05) is 53.2 Å². The number of aliphatic hydroxyl groups excluding tert-OH is 18. The number of fused-ring (bicyclic) bond motifs is 7. The third kappa shape index (κ3) is 12.3. The van der Waals surface area contributed by atoms with Crippen LogP contribution in [0.1, 0.15) is 99.8 Å². The predicted molar refractivity (Wildman–Crippen MR) is 313 cm³/mol. The number of ether oxygens (including phenoxy) is 12. The summed E-state index contributed by atoms with van der Waals surface area (Å²) in [6.45, 7) is 9.12. The van der Waals surface area contributed by atoms with Crippen molar-refractivity contribution in [1.82, 2.24) is 0 Å². The molecule has 95 heavy (non-hydrogen) atoms. The average Bonchev–Trinajstić information content (AvgIpc) is 0.927. The maximum atomic E-state index is 15.5. The number of aliphatic hydroxyl groups is 19. The van der Waals surface area contributed by atoms with E-state index < -0.39 is 263 Å². The Morgan fingerprint density at radius 1 is 0.537 bits per heavy atom. The minimum absolute atomic E-state index is 0.0729. The molecule has 6 saturated heterocycles. The van der Waals surface area contributed by atoms with E-state index in [1.54, 1.807) is 6.92 Å². The Balaban J connectivity index is 0.796. The van der Waals surface area contributed by atoms with E-state index in [2.05, 4.69) is 40.7 Å². The fraction of sp³-hybridized carbons (Fsp3) is 0.952. The van der Waals surface area contributed by atoms with Gasteiger partial charge < -0.3 is 154 Å². The maximum absolute atomic E-state index is 15.5. The highest BCUT2D eigenvalue weighted by molar-refractivity contribution is 5.80. The fourth-order valence-corrected chi connectivity index (χ4v) is 18.9. The summed E-state index contributed by atoms with van der Waals surface area (Å²) in [5, 5.41) is 210. The van der Waals surface area contributed by atoms with Crippen LogP contribution in [0.5, 0.6) is 0 Å². The SMILES string of the molecule is C[C@@H]1O[C@@H](O[C@H]2[C@H](OC(=O)[C@]34CCC(C)(C)C[C@H]3C3=CCC5[C@@]6(C)C[C@H](O)[C@H](O[C@@H]7O[C@H](CO)[C@@H](O)[C@H](O[C@@H]8O[C@H](CO)[C@@H](O)[C@H](O)[C@H]8O)[C@H]7O)[C@@](C)(CO)C6CC[C@@]5(C)[C@]3(C)C[C@H]4O)OC[C@H](O)[C@@H]2O)[C@H](O)[C@H](O)[C@H]1O[C@@H]1OC[C@@H](O)[C@H](O[C@@H]2OC[C@](O)(CO)[C@H]2O)[C@H]1O. The van der Waals surface area contributed by atoms with Gasteiger partial charge in [-0.25, -0.2) is 0 Å². The van der Waals surface area contributed by atoms with E-state index in [1.807, 2.05) is 0 Å². The molecule has 6 aliphatic heterocycles. The molecule has 4 saturated carbocycles. The molecule has 32 heteroatoms. The van der Waals surface area contributed by atoms with Crippen molar-refractivity contribution in [2.75, 3.05) is 46.2 Å². The van der Waals surface area contributed by atoms with Crippen LogP contribution < -0.4 is 0 Å². The Kier molecular flexibility index (Phi) is 21.3. The van der Waals surface area contributed by atoms with Gasteiger partial charge in [0.15, 0.2) is 37.6 Å². The number of carbonyl (C=O) groups is 1. The van der Waals surface area contributed by atoms with E-state index in [9.17, 15) is 97.0 Å². The summed E-state index contributed by atoms with van der Waals surface area (Å²) in [4.78, 5) is 15.5. The molecule has 5 aliphatic carbocycles. The van der Waals surface area contributed by atoms with Crippen LogP contribution in [-0.4, -0.2) is 327 Å². The van der Waals surface area contributed by atoms with Crippen LogP contribution in [0.4, 0.5) is 0 Å². The van der Waals surface area contributed by atoms with Crippen LogP contribution in [-0.2, 0) is 61.6 Å². The largest absolute Gasteiger partial charge is 0.432 e. The van der Waals surface area contributed by atoms with E-state index in [0.717, 1.165) is 5.57 Å². The van der Waals surface area contributed by atoms with Gasteiger partial charge in [0.05, 0.1) is 70.7 Å². The lowest BCUT2D eigenvalue weighted by atomic mass is 9.33. The van der Waals surface area contributed by atoms with Crippen LogP contribution in [0.15, 0.2) is 11.6 Å². The molecule has 0 aromatic heterocycles. The van der Waals surface area contributed by atoms with Gasteiger partial charge in [0.2, 0.25) is 6.29 Å². The molecule has 0 aromatic rings. The molecule has 11 rings (SSSR count). The Morgan fingerprint density at radius 2 is 1.13 bits per heavy atom. The molecule has 10 fully saturated rings. The van der Waals surface area contributed by atoms with Crippen molar-refractivity contribution in [2.45, 2.75) is 277 Å². The van der Waals surface area contributed by atoms with Crippen LogP contribution in [0.25, 0.3) is 0 Å². The first-order chi connectivity index (χ1) is 44.5. The number of hydrogen-bond acceptors (Lipinski definition) is 32.